The van der Waals surface area contributed by atoms with Crippen LogP contribution in [0.25, 0.3) is 0 Å². The number of hydrogen-bond acceptors (Lipinski definition) is 3. The number of hydrogen-bond donors (Lipinski definition) is 1. The molecule has 1 aliphatic rings. The van der Waals surface area contributed by atoms with E-state index in [0.717, 1.165) is 23.0 Å². The van der Waals surface area contributed by atoms with Gasteiger partial charge in [-0.2, -0.15) is 0 Å². The minimum Gasteiger partial charge on any atom is -0.467 e. The first-order valence-corrected chi connectivity index (χ1v) is 6.60. The largest absolute Gasteiger partial charge is 0.467 e. The monoisotopic (exact) mass is 297 g/mol. The minimum atomic E-state index is -0.213. The molecule has 1 aromatic carbocycles. The highest BCUT2D eigenvalue weighted by Gasteiger charge is 2.33. The molecular weight excluding hydrogens is 282 g/mol. The lowest BCUT2D eigenvalue weighted by molar-refractivity contribution is -0.143. The van der Waals surface area contributed by atoms with Crippen LogP contribution >= 0.6 is 15.9 Å². The second-order valence-corrected chi connectivity index (χ2v) is 5.26. The number of methoxy groups -OCH3 is 1. The molecule has 2 rings (SSSR count). The smallest absolute Gasteiger partial charge is 0.328 e. The summed E-state index contributed by atoms with van der Waals surface area (Å²) in [5, 5.41) is 3.26. The number of nitrogens with one attached hydrogen (secondary N) is 1. The van der Waals surface area contributed by atoms with Crippen molar-refractivity contribution in [1.82, 2.24) is 0 Å². The van der Waals surface area contributed by atoms with Crippen LogP contribution in [-0.2, 0) is 9.53 Å². The van der Waals surface area contributed by atoms with E-state index >= 15 is 0 Å². The molecule has 1 fully saturated rings. The molecule has 0 aliphatic heterocycles. The molecule has 92 valence electrons. The highest BCUT2D eigenvalue weighted by molar-refractivity contribution is 9.10. The summed E-state index contributed by atoms with van der Waals surface area (Å²) in [5.74, 6) is 0.240. The van der Waals surface area contributed by atoms with Gasteiger partial charge in [0.1, 0.15) is 6.04 Å². The first kappa shape index (κ1) is 12.4. The van der Waals surface area contributed by atoms with Crippen molar-refractivity contribution in [3.8, 4) is 0 Å². The molecule has 0 heterocycles. The normalized spacial score (nSPS) is 17.1. The molecule has 0 spiro atoms. The predicted molar refractivity (Wildman–Crippen MR) is 70.9 cm³/mol. The van der Waals surface area contributed by atoms with E-state index in [4.69, 9.17) is 4.74 Å². The summed E-state index contributed by atoms with van der Waals surface area (Å²) in [6.07, 6.45) is 3.41. The molecular formula is C13H16BrNO2. The second kappa shape index (κ2) is 5.54. The molecule has 1 atom stereocenters. The molecule has 1 aromatic rings. The lowest BCUT2D eigenvalue weighted by Gasteiger charge is -2.32. The van der Waals surface area contributed by atoms with Gasteiger partial charge < -0.3 is 10.1 Å². The molecule has 0 radical (unpaired) electrons. The van der Waals surface area contributed by atoms with E-state index in [1.54, 1.807) is 0 Å². The van der Waals surface area contributed by atoms with Crippen LogP contribution in [0, 0.1) is 5.92 Å². The maximum absolute atomic E-state index is 11.7. The quantitative estimate of drug-likeness (QED) is 0.868. The van der Waals surface area contributed by atoms with Gasteiger partial charge >= 0.3 is 5.97 Å². The van der Waals surface area contributed by atoms with E-state index in [2.05, 4.69) is 21.2 Å². The average molecular weight is 298 g/mol. The Bertz CT molecular complexity index is 387. The third kappa shape index (κ3) is 3.00. The summed E-state index contributed by atoms with van der Waals surface area (Å²) in [6, 6.07) is 7.61. The van der Waals surface area contributed by atoms with Crippen LogP contribution in [0.1, 0.15) is 19.3 Å². The molecule has 17 heavy (non-hydrogen) atoms. The van der Waals surface area contributed by atoms with Gasteiger partial charge in [-0.05, 0) is 43.0 Å². The zero-order chi connectivity index (χ0) is 12.3. The molecule has 1 unspecified atom stereocenters. The van der Waals surface area contributed by atoms with Crippen LogP contribution < -0.4 is 5.32 Å². The fourth-order valence-corrected chi connectivity index (χ4v) is 2.26. The van der Waals surface area contributed by atoms with Gasteiger partial charge in [0, 0.05) is 10.2 Å². The second-order valence-electron chi connectivity index (χ2n) is 4.34. The number of esters is 1. The Morgan fingerprint density at radius 2 is 2.06 bits per heavy atom. The SMILES string of the molecule is COC(=O)C(Nc1ccc(Br)cc1)C1CCC1. The first-order valence-electron chi connectivity index (χ1n) is 5.80. The number of carbonyl (C=O) groups is 1. The Hall–Kier alpha value is -1.03. The molecule has 1 aliphatic carbocycles. The number of anilines is 1. The van der Waals surface area contributed by atoms with Gasteiger partial charge in [-0.3, -0.25) is 0 Å². The number of halogens is 1. The van der Waals surface area contributed by atoms with E-state index in [1.807, 2.05) is 24.3 Å². The van der Waals surface area contributed by atoms with E-state index in [9.17, 15) is 4.79 Å². The van der Waals surface area contributed by atoms with E-state index in [-0.39, 0.29) is 12.0 Å². The standard InChI is InChI=1S/C13H16BrNO2/c1-17-13(16)12(9-3-2-4-9)15-11-7-5-10(14)6-8-11/h5-9,12,15H,2-4H2,1H3. The summed E-state index contributed by atoms with van der Waals surface area (Å²) in [6.45, 7) is 0. The van der Waals surface area contributed by atoms with Gasteiger partial charge in [-0.25, -0.2) is 4.79 Å². The van der Waals surface area contributed by atoms with Gasteiger partial charge in [0.15, 0.2) is 0 Å². The molecule has 0 aromatic heterocycles. The number of rotatable bonds is 4. The van der Waals surface area contributed by atoms with Gasteiger partial charge in [0.2, 0.25) is 0 Å². The van der Waals surface area contributed by atoms with Crippen molar-refractivity contribution in [2.75, 3.05) is 12.4 Å². The third-order valence-electron chi connectivity index (χ3n) is 3.24. The van der Waals surface area contributed by atoms with Crippen LogP contribution in [0.4, 0.5) is 5.69 Å². The summed E-state index contributed by atoms with van der Waals surface area (Å²) in [7, 11) is 1.44. The van der Waals surface area contributed by atoms with E-state index in [1.165, 1.54) is 13.5 Å². The van der Waals surface area contributed by atoms with E-state index in [0.29, 0.717) is 5.92 Å². The van der Waals surface area contributed by atoms with Crippen molar-refractivity contribution in [2.24, 2.45) is 5.92 Å². The molecule has 0 amide bonds. The third-order valence-corrected chi connectivity index (χ3v) is 3.77. The van der Waals surface area contributed by atoms with Gasteiger partial charge in [0.05, 0.1) is 7.11 Å². The number of benzene rings is 1. The maximum atomic E-state index is 11.7. The summed E-state index contributed by atoms with van der Waals surface area (Å²) >= 11 is 3.39. The highest BCUT2D eigenvalue weighted by atomic mass is 79.9. The van der Waals surface area contributed by atoms with Crippen molar-refractivity contribution in [1.29, 1.82) is 0 Å². The summed E-state index contributed by atoms with van der Waals surface area (Å²) in [4.78, 5) is 11.7. The lowest BCUT2D eigenvalue weighted by Crippen LogP contribution is -2.41. The zero-order valence-electron chi connectivity index (χ0n) is 9.78. The Kier molecular flexibility index (Phi) is 4.05. The van der Waals surface area contributed by atoms with Gasteiger partial charge in [0.25, 0.3) is 0 Å². The van der Waals surface area contributed by atoms with Crippen molar-refractivity contribution >= 4 is 27.6 Å². The van der Waals surface area contributed by atoms with Crippen LogP contribution in [0.5, 0.6) is 0 Å². The molecule has 0 saturated heterocycles. The van der Waals surface area contributed by atoms with Crippen LogP contribution in [0.15, 0.2) is 28.7 Å². The highest BCUT2D eigenvalue weighted by Crippen LogP contribution is 2.32. The first-order chi connectivity index (χ1) is 8.20. The molecule has 4 heteroatoms. The van der Waals surface area contributed by atoms with Crippen LogP contribution in [-0.4, -0.2) is 19.1 Å². The van der Waals surface area contributed by atoms with Crippen molar-refractivity contribution in [3.63, 3.8) is 0 Å². The zero-order valence-corrected chi connectivity index (χ0v) is 11.4. The fraction of sp³-hybridized carbons (Fsp3) is 0.462. The van der Waals surface area contributed by atoms with E-state index < -0.39 is 0 Å². The summed E-state index contributed by atoms with van der Waals surface area (Å²) in [5.41, 5.74) is 0.954. The molecule has 3 nitrogen and oxygen atoms in total. The van der Waals surface area contributed by atoms with Gasteiger partial charge in [-0.15, -0.1) is 0 Å². The van der Waals surface area contributed by atoms with Crippen molar-refractivity contribution in [2.45, 2.75) is 25.3 Å². The molecule has 1 N–H and O–H groups in total. The lowest BCUT2D eigenvalue weighted by atomic mass is 9.79. The average Bonchev–Trinajstić information content (AvgIpc) is 2.27. The number of ether oxygens (including phenoxy) is 1. The minimum absolute atomic E-state index is 0.169. The Morgan fingerprint density at radius 3 is 2.53 bits per heavy atom. The topological polar surface area (TPSA) is 38.3 Å². The Balaban J connectivity index is 2.06. The molecule has 0 bridgehead atoms. The van der Waals surface area contributed by atoms with Crippen LogP contribution in [0.2, 0.25) is 0 Å². The predicted octanol–water partition coefficient (Wildman–Crippen LogP) is 3.20. The molecule has 1 saturated carbocycles. The van der Waals surface area contributed by atoms with Crippen molar-refractivity contribution < 1.29 is 9.53 Å². The Morgan fingerprint density at radius 1 is 1.41 bits per heavy atom. The Labute approximate surface area is 110 Å². The number of carbonyl (C=O) groups excluding carboxylic acids is 1. The maximum Gasteiger partial charge on any atom is 0.328 e. The van der Waals surface area contributed by atoms with Crippen molar-refractivity contribution in [3.05, 3.63) is 28.7 Å². The summed E-state index contributed by atoms with van der Waals surface area (Å²) < 4.78 is 5.88. The van der Waals surface area contributed by atoms with Gasteiger partial charge in [-0.1, -0.05) is 22.4 Å². The fourth-order valence-electron chi connectivity index (χ4n) is 2.00. The van der Waals surface area contributed by atoms with Crippen LogP contribution in [0.3, 0.4) is 0 Å².